The molecule has 0 heterocycles. The Hall–Kier alpha value is -1.97. The number of hydrogen-bond acceptors (Lipinski definition) is 6. The van der Waals surface area contributed by atoms with Crippen LogP contribution in [0.4, 0.5) is 4.79 Å². The maximum atomic E-state index is 12.5. The first-order valence-corrected chi connectivity index (χ1v) is 10.8. The number of nitrogens with one attached hydrogen (secondary N) is 1. The zero-order chi connectivity index (χ0) is 22.4. The van der Waals surface area contributed by atoms with Gasteiger partial charge in [0, 0.05) is 33.4 Å². The molecule has 10 heteroatoms. The first kappa shape index (κ1) is 22.7. The fourth-order valence-electron chi connectivity index (χ4n) is 4.43. The zero-order valence-corrected chi connectivity index (χ0v) is 18.2. The highest BCUT2D eigenvalue weighted by Gasteiger charge is 2.79. The van der Waals surface area contributed by atoms with Crippen molar-refractivity contribution in [3.05, 3.63) is 29.3 Å². The van der Waals surface area contributed by atoms with Crippen molar-refractivity contribution >= 4 is 41.4 Å². The predicted molar refractivity (Wildman–Crippen MR) is 110 cm³/mol. The maximum absolute atomic E-state index is 12.5. The topological polar surface area (TPSA) is 133 Å². The number of aliphatic hydroxyl groups excluding tert-OH is 1. The number of benzene rings is 1. The number of halogens is 1. The molecule has 0 spiro atoms. The molecule has 30 heavy (non-hydrogen) atoms. The van der Waals surface area contributed by atoms with E-state index in [9.17, 15) is 29.7 Å². The molecule has 6 unspecified atom stereocenters. The number of carboxylic acid groups (broad SMARTS) is 2. The molecule has 4 N–H and O–H groups in total. The maximum Gasteiger partial charge on any atom is 0.408 e. The van der Waals surface area contributed by atoms with Gasteiger partial charge in [0.15, 0.2) is 5.54 Å². The molecule has 0 aromatic heterocycles. The summed E-state index contributed by atoms with van der Waals surface area (Å²) in [4.78, 5) is 37.3. The summed E-state index contributed by atoms with van der Waals surface area (Å²) in [5.74, 6) is -6.08. The van der Waals surface area contributed by atoms with Crippen LogP contribution in [0.3, 0.4) is 0 Å². The van der Waals surface area contributed by atoms with Gasteiger partial charge in [-0.1, -0.05) is 17.7 Å². The van der Waals surface area contributed by atoms with Crippen molar-refractivity contribution in [2.75, 3.05) is 5.75 Å². The van der Waals surface area contributed by atoms with Crippen molar-refractivity contribution < 1.29 is 34.4 Å². The average molecular weight is 458 g/mol. The van der Waals surface area contributed by atoms with Gasteiger partial charge in [0.1, 0.15) is 5.60 Å². The zero-order valence-electron chi connectivity index (χ0n) is 16.7. The van der Waals surface area contributed by atoms with E-state index in [-0.39, 0.29) is 5.75 Å². The van der Waals surface area contributed by atoms with Gasteiger partial charge in [-0.05, 0) is 39.0 Å². The Labute approximate surface area is 182 Å². The molecule has 3 rings (SSSR count). The number of carbonyl (C=O) groups excluding carboxylic acids is 1. The quantitative estimate of drug-likeness (QED) is 0.479. The average Bonchev–Trinajstić information content (AvgIpc) is 3.30. The molecular formula is C20H24ClNO7S. The molecule has 0 aliphatic heterocycles. The highest BCUT2D eigenvalue weighted by atomic mass is 35.5. The molecule has 6 atom stereocenters. The monoisotopic (exact) mass is 457 g/mol. The van der Waals surface area contributed by atoms with Gasteiger partial charge in [-0.2, -0.15) is 0 Å². The Bertz CT molecular complexity index is 873. The molecule has 2 fully saturated rings. The van der Waals surface area contributed by atoms with E-state index in [4.69, 9.17) is 16.3 Å². The smallest absolute Gasteiger partial charge is 0.408 e. The molecular weight excluding hydrogens is 434 g/mol. The van der Waals surface area contributed by atoms with Crippen molar-refractivity contribution in [1.29, 1.82) is 0 Å². The van der Waals surface area contributed by atoms with Crippen LogP contribution in [0.25, 0.3) is 0 Å². The van der Waals surface area contributed by atoms with Gasteiger partial charge >= 0.3 is 18.0 Å². The van der Waals surface area contributed by atoms with E-state index in [1.54, 1.807) is 45.0 Å². The number of fused-ring (bicyclic) bond motifs is 1. The van der Waals surface area contributed by atoms with Crippen molar-refractivity contribution in [3.63, 3.8) is 0 Å². The fourth-order valence-corrected chi connectivity index (χ4v) is 5.90. The fraction of sp³-hybridized carbons (Fsp3) is 0.550. The van der Waals surface area contributed by atoms with E-state index >= 15 is 0 Å². The third-order valence-electron chi connectivity index (χ3n) is 5.57. The van der Waals surface area contributed by atoms with Crippen LogP contribution >= 0.6 is 23.4 Å². The lowest BCUT2D eigenvalue weighted by Crippen LogP contribution is -2.63. The summed E-state index contributed by atoms with van der Waals surface area (Å²) in [5, 5.41) is 33.4. The van der Waals surface area contributed by atoms with Crippen LogP contribution in [0.1, 0.15) is 20.8 Å². The van der Waals surface area contributed by atoms with Crippen LogP contribution in [0.15, 0.2) is 29.2 Å². The Kier molecular flexibility index (Phi) is 6.01. The molecule has 1 aromatic carbocycles. The number of ether oxygens (including phenoxy) is 1. The van der Waals surface area contributed by atoms with Crippen molar-refractivity contribution in [3.8, 4) is 0 Å². The largest absolute Gasteiger partial charge is 0.481 e. The van der Waals surface area contributed by atoms with Gasteiger partial charge in [0.25, 0.3) is 0 Å². The first-order valence-electron chi connectivity index (χ1n) is 9.42. The standard InChI is InChI=1S/C20H24ClNO7S/c1-19(2,3)29-18(28)22-20(17(26)27)11(8-30-10-6-4-5-9(21)7-10)15(23)12-13(14(12)20)16(24)25/h4-7,11-15,23H,8H2,1-3H3,(H,22,28)(H,24,25)(H,26,27). The van der Waals surface area contributed by atoms with Gasteiger partial charge in [-0.25, -0.2) is 9.59 Å². The number of amides is 1. The van der Waals surface area contributed by atoms with E-state index in [0.29, 0.717) is 5.02 Å². The number of alkyl carbamates (subject to hydrolysis) is 1. The number of aliphatic hydroxyl groups is 1. The van der Waals surface area contributed by atoms with Crippen LogP contribution in [-0.4, -0.2) is 56.3 Å². The lowest BCUT2D eigenvalue weighted by atomic mass is 9.80. The van der Waals surface area contributed by atoms with Gasteiger partial charge in [-0.15, -0.1) is 11.8 Å². The Balaban J connectivity index is 1.91. The third-order valence-corrected chi connectivity index (χ3v) is 6.91. The summed E-state index contributed by atoms with van der Waals surface area (Å²) >= 11 is 7.27. The minimum Gasteiger partial charge on any atom is -0.481 e. The Morgan fingerprint density at radius 3 is 2.47 bits per heavy atom. The molecule has 0 radical (unpaired) electrons. The highest BCUT2D eigenvalue weighted by Crippen LogP contribution is 2.65. The molecule has 8 nitrogen and oxygen atoms in total. The predicted octanol–water partition coefficient (Wildman–Crippen LogP) is 2.72. The summed E-state index contributed by atoms with van der Waals surface area (Å²) < 4.78 is 5.23. The second-order valence-electron chi connectivity index (χ2n) is 8.63. The lowest BCUT2D eigenvalue weighted by molar-refractivity contribution is -0.150. The van der Waals surface area contributed by atoms with E-state index in [1.807, 2.05) is 0 Å². The van der Waals surface area contributed by atoms with E-state index in [1.165, 1.54) is 11.8 Å². The number of rotatable bonds is 6. The van der Waals surface area contributed by atoms with Crippen molar-refractivity contribution in [1.82, 2.24) is 5.32 Å². The van der Waals surface area contributed by atoms with Crippen LogP contribution in [-0.2, 0) is 14.3 Å². The van der Waals surface area contributed by atoms with Crippen LogP contribution in [0.5, 0.6) is 0 Å². The van der Waals surface area contributed by atoms with Crippen molar-refractivity contribution in [2.24, 2.45) is 23.7 Å². The van der Waals surface area contributed by atoms with Crippen LogP contribution < -0.4 is 5.32 Å². The summed E-state index contributed by atoms with van der Waals surface area (Å²) in [6, 6.07) is 6.95. The molecule has 2 aliphatic rings. The molecule has 2 saturated carbocycles. The van der Waals surface area contributed by atoms with Crippen molar-refractivity contribution in [2.45, 2.75) is 42.9 Å². The number of aliphatic carboxylic acids is 2. The van der Waals surface area contributed by atoms with Gasteiger partial charge in [0.05, 0.1) is 12.0 Å². The Morgan fingerprint density at radius 1 is 1.27 bits per heavy atom. The van der Waals surface area contributed by atoms with Crippen LogP contribution in [0, 0.1) is 23.7 Å². The molecule has 0 bridgehead atoms. The minimum atomic E-state index is -1.96. The summed E-state index contributed by atoms with van der Waals surface area (Å²) in [6.45, 7) is 4.90. The lowest BCUT2D eigenvalue weighted by Gasteiger charge is -2.37. The molecule has 2 aliphatic carbocycles. The second kappa shape index (κ2) is 7.94. The number of carbonyl (C=O) groups is 3. The normalized spacial score (nSPS) is 32.2. The molecule has 0 saturated heterocycles. The van der Waals surface area contributed by atoms with E-state index in [2.05, 4.69) is 5.32 Å². The summed E-state index contributed by atoms with van der Waals surface area (Å²) in [6.07, 6.45) is -2.17. The van der Waals surface area contributed by atoms with E-state index < -0.39 is 58.9 Å². The summed E-state index contributed by atoms with van der Waals surface area (Å²) in [5.41, 5.74) is -2.83. The van der Waals surface area contributed by atoms with Gasteiger partial charge < -0.3 is 25.4 Å². The first-order chi connectivity index (χ1) is 13.9. The second-order valence-corrected chi connectivity index (χ2v) is 10.2. The highest BCUT2D eigenvalue weighted by molar-refractivity contribution is 7.99. The number of hydrogen-bond donors (Lipinski definition) is 4. The molecule has 1 amide bonds. The summed E-state index contributed by atoms with van der Waals surface area (Å²) in [7, 11) is 0. The number of carboxylic acids is 2. The van der Waals surface area contributed by atoms with Gasteiger partial charge in [0.2, 0.25) is 0 Å². The Morgan fingerprint density at radius 2 is 1.93 bits per heavy atom. The molecule has 164 valence electrons. The van der Waals surface area contributed by atoms with E-state index in [0.717, 1.165) is 4.90 Å². The SMILES string of the molecule is CC(C)(C)OC(=O)NC1(C(=O)O)C(CSc2cccc(Cl)c2)C(O)C2C(C(=O)O)C21. The molecule has 1 aromatic rings. The van der Waals surface area contributed by atoms with Gasteiger partial charge in [-0.3, -0.25) is 4.79 Å². The minimum absolute atomic E-state index is 0.142. The van der Waals surface area contributed by atoms with Crippen LogP contribution in [0.2, 0.25) is 5.02 Å². The third kappa shape index (κ3) is 4.10. The number of thioether (sulfide) groups is 1.